The third-order valence-electron chi connectivity index (χ3n) is 3.27. The van der Waals surface area contributed by atoms with Gasteiger partial charge in [-0.05, 0) is 30.5 Å². The predicted octanol–water partition coefficient (Wildman–Crippen LogP) is 2.06. The van der Waals surface area contributed by atoms with Crippen LogP contribution >= 0.6 is 23.4 Å². The largest absolute Gasteiger partial charge is 0.492 e. The number of hydrogen-bond acceptors (Lipinski definition) is 8. The third kappa shape index (κ3) is 10.4. The second-order valence-corrected chi connectivity index (χ2v) is 6.64. The van der Waals surface area contributed by atoms with E-state index in [0.29, 0.717) is 29.0 Å². The predicted molar refractivity (Wildman–Crippen MR) is 113 cm³/mol. The van der Waals surface area contributed by atoms with Gasteiger partial charge in [0.1, 0.15) is 18.0 Å². The molecule has 0 atom stereocenters. The minimum atomic E-state index is -0.486. The second kappa shape index (κ2) is 13.5. The second-order valence-electron chi connectivity index (χ2n) is 5.41. The van der Waals surface area contributed by atoms with Gasteiger partial charge in [0.05, 0.1) is 19.7 Å². The first-order valence-corrected chi connectivity index (χ1v) is 10.1. The number of aromatic nitrogens is 2. The number of hydrogen-bond donors (Lipinski definition) is 3. The molecule has 0 bridgehead atoms. The van der Waals surface area contributed by atoms with E-state index in [2.05, 4.69) is 20.0 Å². The lowest BCUT2D eigenvalue weighted by Gasteiger charge is -2.08. The standard InChI is InChI=1S/C13H14ClN3O2S.C5H9NO3/c1-20-13-16-8-11(12(18)17-13)15-6-7-19-10-4-2-9(14)3-5-10;1-9-5(8)3-2-4(6)7/h2-5,8,15H,6-7H2,1H3,(H,16,17,18);2-3H2,1H3,(H2,6,7). The molecule has 4 N–H and O–H groups in total. The number of H-pyrrole nitrogens is 1. The fraction of sp³-hybridized carbons (Fsp3) is 0.333. The minimum Gasteiger partial charge on any atom is -0.492 e. The number of carbonyl (C=O) groups excluding carboxylic acids is 2. The molecule has 0 aliphatic carbocycles. The van der Waals surface area contributed by atoms with Crippen LogP contribution in [0.4, 0.5) is 5.69 Å². The van der Waals surface area contributed by atoms with Crippen LogP contribution in [-0.4, -0.2) is 48.4 Å². The van der Waals surface area contributed by atoms with Crippen molar-refractivity contribution in [1.29, 1.82) is 0 Å². The van der Waals surface area contributed by atoms with E-state index in [1.807, 2.05) is 6.26 Å². The number of thioether (sulfide) groups is 1. The Bertz CT molecular complexity index is 845. The summed E-state index contributed by atoms with van der Waals surface area (Å²) in [5.74, 6) is -0.157. The van der Waals surface area contributed by atoms with Gasteiger partial charge in [-0.15, -0.1) is 0 Å². The quantitative estimate of drug-likeness (QED) is 0.232. The third-order valence-corrected chi connectivity index (χ3v) is 4.12. The Kier molecular flexibility index (Phi) is 11.3. The number of nitrogens with one attached hydrogen (secondary N) is 2. The molecule has 9 nitrogen and oxygen atoms in total. The lowest BCUT2D eigenvalue weighted by Crippen LogP contribution is -2.19. The number of nitrogens with two attached hydrogens (primary N) is 1. The van der Waals surface area contributed by atoms with E-state index < -0.39 is 11.9 Å². The van der Waals surface area contributed by atoms with Gasteiger partial charge in [-0.25, -0.2) is 4.98 Å². The summed E-state index contributed by atoms with van der Waals surface area (Å²) in [5, 5.41) is 4.24. The molecule has 0 saturated heterocycles. The summed E-state index contributed by atoms with van der Waals surface area (Å²) in [5.41, 5.74) is 5.00. The van der Waals surface area contributed by atoms with Gasteiger partial charge in [0.15, 0.2) is 5.16 Å². The maximum Gasteiger partial charge on any atom is 0.306 e. The Morgan fingerprint density at radius 1 is 1.28 bits per heavy atom. The van der Waals surface area contributed by atoms with E-state index in [-0.39, 0.29) is 18.4 Å². The topological polar surface area (TPSA) is 136 Å². The van der Waals surface area contributed by atoms with E-state index in [1.165, 1.54) is 25.1 Å². The lowest BCUT2D eigenvalue weighted by atomic mass is 10.3. The van der Waals surface area contributed by atoms with Crippen molar-refractivity contribution in [2.45, 2.75) is 18.0 Å². The molecule has 0 aliphatic rings. The zero-order valence-electron chi connectivity index (χ0n) is 16.1. The highest BCUT2D eigenvalue weighted by molar-refractivity contribution is 7.98. The Hall–Kier alpha value is -2.72. The first-order chi connectivity index (χ1) is 13.8. The van der Waals surface area contributed by atoms with E-state index in [1.54, 1.807) is 24.3 Å². The molecule has 11 heteroatoms. The zero-order chi connectivity index (χ0) is 21.6. The smallest absolute Gasteiger partial charge is 0.306 e. The van der Waals surface area contributed by atoms with Crippen molar-refractivity contribution in [3.8, 4) is 5.75 Å². The van der Waals surface area contributed by atoms with Crippen molar-refractivity contribution >= 4 is 40.9 Å². The van der Waals surface area contributed by atoms with Crippen LogP contribution in [0.2, 0.25) is 5.02 Å². The monoisotopic (exact) mass is 442 g/mol. The average Bonchev–Trinajstić information content (AvgIpc) is 2.72. The molecule has 0 spiro atoms. The van der Waals surface area contributed by atoms with Gasteiger partial charge in [-0.1, -0.05) is 23.4 Å². The fourth-order valence-electron chi connectivity index (χ4n) is 1.82. The molecular weight excluding hydrogens is 420 g/mol. The summed E-state index contributed by atoms with van der Waals surface area (Å²) in [6.07, 6.45) is 3.51. The van der Waals surface area contributed by atoms with E-state index in [9.17, 15) is 14.4 Å². The molecule has 1 heterocycles. The van der Waals surface area contributed by atoms with Gasteiger partial charge in [0.25, 0.3) is 5.56 Å². The molecule has 29 heavy (non-hydrogen) atoms. The number of esters is 1. The number of carbonyl (C=O) groups is 2. The van der Waals surface area contributed by atoms with Crippen molar-refractivity contribution in [1.82, 2.24) is 9.97 Å². The fourth-order valence-corrected chi connectivity index (χ4v) is 2.30. The molecule has 1 aromatic heterocycles. The number of primary amides is 1. The first-order valence-electron chi connectivity index (χ1n) is 8.46. The number of ether oxygens (including phenoxy) is 2. The van der Waals surface area contributed by atoms with Crippen LogP contribution in [0.15, 0.2) is 40.4 Å². The maximum absolute atomic E-state index is 11.7. The summed E-state index contributed by atoms with van der Waals surface area (Å²) < 4.78 is 9.76. The Labute approximate surface area is 177 Å². The van der Waals surface area contributed by atoms with Crippen LogP contribution in [0.25, 0.3) is 0 Å². The number of anilines is 1. The van der Waals surface area contributed by atoms with Crippen LogP contribution in [0.5, 0.6) is 5.75 Å². The number of methoxy groups -OCH3 is 1. The highest BCUT2D eigenvalue weighted by atomic mass is 35.5. The number of nitrogens with zero attached hydrogens (tertiary/aromatic N) is 1. The maximum atomic E-state index is 11.7. The van der Waals surface area contributed by atoms with Crippen molar-refractivity contribution in [3.63, 3.8) is 0 Å². The molecule has 0 unspecified atom stereocenters. The van der Waals surface area contributed by atoms with Crippen LogP contribution in [0.3, 0.4) is 0 Å². The van der Waals surface area contributed by atoms with Crippen molar-refractivity contribution in [2.75, 3.05) is 31.8 Å². The van der Waals surface area contributed by atoms with Crippen molar-refractivity contribution in [3.05, 3.63) is 45.8 Å². The Morgan fingerprint density at radius 2 is 1.97 bits per heavy atom. The van der Waals surface area contributed by atoms with E-state index in [4.69, 9.17) is 22.1 Å². The molecular formula is C18H23ClN4O5S. The van der Waals surface area contributed by atoms with Crippen molar-refractivity contribution < 1.29 is 19.1 Å². The van der Waals surface area contributed by atoms with Crippen LogP contribution in [0, 0.1) is 0 Å². The molecule has 1 amide bonds. The summed E-state index contributed by atoms with van der Waals surface area (Å²) >= 11 is 7.17. The molecule has 158 valence electrons. The highest BCUT2D eigenvalue weighted by Gasteiger charge is 2.02. The highest BCUT2D eigenvalue weighted by Crippen LogP contribution is 2.15. The van der Waals surface area contributed by atoms with Crippen LogP contribution < -0.4 is 21.3 Å². The summed E-state index contributed by atoms with van der Waals surface area (Å²) in [6.45, 7) is 0.942. The first kappa shape index (κ1) is 24.3. The number of halogens is 1. The molecule has 0 fully saturated rings. The SMILES string of the molecule is COC(=O)CCC(N)=O.CSc1ncc(NCCOc2ccc(Cl)cc2)c(=O)[nH]1. The molecule has 0 saturated carbocycles. The molecule has 0 radical (unpaired) electrons. The minimum absolute atomic E-state index is 0.0622. The van der Waals surface area contributed by atoms with Gasteiger partial charge in [-0.3, -0.25) is 19.4 Å². The van der Waals surface area contributed by atoms with Gasteiger partial charge in [0.2, 0.25) is 5.91 Å². The van der Waals surface area contributed by atoms with Crippen molar-refractivity contribution in [2.24, 2.45) is 5.73 Å². The van der Waals surface area contributed by atoms with Crippen LogP contribution in [-0.2, 0) is 14.3 Å². The molecule has 2 aromatic rings. The number of rotatable bonds is 9. The molecule has 0 aliphatic heterocycles. The number of amides is 1. The summed E-state index contributed by atoms with van der Waals surface area (Å²) in [4.78, 5) is 38.8. The average molecular weight is 443 g/mol. The Balaban J connectivity index is 0.000000396. The van der Waals surface area contributed by atoms with Gasteiger partial charge >= 0.3 is 5.97 Å². The lowest BCUT2D eigenvalue weighted by molar-refractivity contribution is -0.141. The van der Waals surface area contributed by atoms with E-state index >= 15 is 0 Å². The normalized spacial score (nSPS) is 9.76. The number of benzene rings is 1. The zero-order valence-corrected chi connectivity index (χ0v) is 17.6. The summed E-state index contributed by atoms with van der Waals surface area (Å²) in [7, 11) is 1.27. The Morgan fingerprint density at radius 3 is 2.52 bits per heavy atom. The van der Waals surface area contributed by atoms with E-state index in [0.717, 1.165) is 5.75 Å². The molecule has 1 aromatic carbocycles. The van der Waals surface area contributed by atoms with Gasteiger partial charge in [-0.2, -0.15) is 0 Å². The summed E-state index contributed by atoms with van der Waals surface area (Å²) in [6, 6.07) is 7.12. The van der Waals surface area contributed by atoms with Gasteiger partial charge in [0, 0.05) is 18.0 Å². The van der Waals surface area contributed by atoms with Gasteiger partial charge < -0.3 is 20.5 Å². The number of aromatic amines is 1. The van der Waals surface area contributed by atoms with Crippen LogP contribution in [0.1, 0.15) is 12.8 Å². The molecule has 2 rings (SSSR count).